The number of nitrogens with two attached hydrogens (primary N) is 2. The number of aliphatic hydroxyl groups excluding tert-OH is 1. The molecule has 1 rings (SSSR count). The number of anilines is 2. The lowest BCUT2D eigenvalue weighted by molar-refractivity contribution is -0.0763. The summed E-state index contributed by atoms with van der Waals surface area (Å²) in [5, 5.41) is 9.28. The van der Waals surface area contributed by atoms with Crippen LogP contribution in [0.25, 0.3) is 0 Å². The number of rotatable bonds is 2. The number of hydrogen-bond acceptors (Lipinski definition) is 4. The van der Waals surface area contributed by atoms with Gasteiger partial charge in [-0.3, -0.25) is 0 Å². The van der Waals surface area contributed by atoms with Gasteiger partial charge < -0.3 is 21.3 Å². The molecule has 0 bridgehead atoms. The topological polar surface area (TPSA) is 81.5 Å². The van der Waals surface area contributed by atoms with E-state index in [2.05, 4.69) is 0 Å². The molecule has 0 aliphatic carbocycles. The maximum atomic E-state index is 9.28. The zero-order valence-electron chi connectivity index (χ0n) is 6.82. The van der Waals surface area contributed by atoms with Gasteiger partial charge >= 0.3 is 0 Å². The second-order valence-electron chi connectivity index (χ2n) is 2.44. The van der Waals surface area contributed by atoms with Crippen molar-refractivity contribution in [2.45, 2.75) is 6.29 Å². The van der Waals surface area contributed by atoms with E-state index in [1.165, 1.54) is 7.11 Å². The number of ether oxygens (including phenoxy) is 1. The largest absolute Gasteiger partial charge is 0.397 e. The molecule has 12 heavy (non-hydrogen) atoms. The Bertz CT molecular complexity index is 276. The average Bonchev–Trinajstić information content (AvgIpc) is 2.08. The minimum Gasteiger partial charge on any atom is -0.397 e. The van der Waals surface area contributed by atoms with Crippen molar-refractivity contribution < 1.29 is 9.84 Å². The molecule has 0 spiro atoms. The van der Waals surface area contributed by atoms with Crippen LogP contribution in [0, 0.1) is 0 Å². The fraction of sp³-hybridized carbons (Fsp3) is 0.250. The molecule has 4 heteroatoms. The smallest absolute Gasteiger partial charge is 0.182 e. The summed E-state index contributed by atoms with van der Waals surface area (Å²) in [6.45, 7) is 0. The van der Waals surface area contributed by atoms with E-state index < -0.39 is 6.29 Å². The molecule has 5 N–H and O–H groups in total. The Kier molecular flexibility index (Phi) is 2.52. The van der Waals surface area contributed by atoms with Crippen LogP contribution in [-0.2, 0) is 4.74 Å². The van der Waals surface area contributed by atoms with Crippen LogP contribution in [0.5, 0.6) is 0 Å². The highest BCUT2D eigenvalue weighted by Crippen LogP contribution is 2.25. The zero-order valence-corrected chi connectivity index (χ0v) is 6.82. The van der Waals surface area contributed by atoms with E-state index in [0.29, 0.717) is 16.9 Å². The maximum Gasteiger partial charge on any atom is 0.182 e. The van der Waals surface area contributed by atoms with Gasteiger partial charge in [0.15, 0.2) is 6.29 Å². The van der Waals surface area contributed by atoms with Crippen molar-refractivity contribution in [1.29, 1.82) is 0 Å². The van der Waals surface area contributed by atoms with Crippen LogP contribution >= 0.6 is 0 Å². The lowest BCUT2D eigenvalue weighted by atomic mass is 10.1. The van der Waals surface area contributed by atoms with Gasteiger partial charge in [-0.2, -0.15) is 0 Å². The Balaban J connectivity index is 3.07. The number of nitrogen functional groups attached to an aromatic ring is 2. The molecular weight excluding hydrogens is 156 g/mol. The van der Waals surface area contributed by atoms with Crippen molar-refractivity contribution >= 4 is 11.4 Å². The van der Waals surface area contributed by atoms with Crippen LogP contribution in [0.15, 0.2) is 18.2 Å². The number of benzene rings is 1. The molecule has 1 unspecified atom stereocenters. The van der Waals surface area contributed by atoms with Crippen molar-refractivity contribution in [2.24, 2.45) is 0 Å². The molecule has 0 aromatic heterocycles. The van der Waals surface area contributed by atoms with Crippen molar-refractivity contribution in [3.63, 3.8) is 0 Å². The Labute approximate surface area is 70.7 Å². The SMILES string of the molecule is COC(O)c1cccc(N)c1N. The van der Waals surface area contributed by atoms with Crippen molar-refractivity contribution in [2.75, 3.05) is 18.6 Å². The van der Waals surface area contributed by atoms with Gasteiger partial charge in [0.2, 0.25) is 0 Å². The van der Waals surface area contributed by atoms with Gasteiger partial charge in [0.1, 0.15) is 0 Å². The first-order valence-corrected chi connectivity index (χ1v) is 3.51. The summed E-state index contributed by atoms with van der Waals surface area (Å²) in [6.07, 6.45) is -1.01. The highest BCUT2D eigenvalue weighted by atomic mass is 16.6. The summed E-state index contributed by atoms with van der Waals surface area (Å²) in [5.41, 5.74) is 12.4. The third-order valence-corrected chi connectivity index (χ3v) is 1.66. The maximum absolute atomic E-state index is 9.28. The van der Waals surface area contributed by atoms with E-state index >= 15 is 0 Å². The van der Waals surface area contributed by atoms with E-state index in [1.54, 1.807) is 18.2 Å². The van der Waals surface area contributed by atoms with Crippen LogP contribution in [0.1, 0.15) is 11.9 Å². The predicted octanol–water partition coefficient (Wildman–Crippen LogP) is 0.488. The molecule has 1 aromatic rings. The Morgan fingerprint density at radius 3 is 2.67 bits per heavy atom. The quantitative estimate of drug-likeness (QED) is 0.443. The third kappa shape index (κ3) is 1.49. The minimum absolute atomic E-state index is 0.367. The van der Waals surface area contributed by atoms with E-state index in [9.17, 15) is 5.11 Å². The molecule has 0 aliphatic rings. The van der Waals surface area contributed by atoms with Crippen molar-refractivity contribution in [3.8, 4) is 0 Å². The lowest BCUT2D eigenvalue weighted by Crippen LogP contribution is -2.05. The molecule has 0 aliphatic heterocycles. The van der Waals surface area contributed by atoms with Crippen LogP contribution < -0.4 is 11.5 Å². The number of aliphatic hydroxyl groups is 1. The standard InChI is InChI=1S/C8H12N2O2/c1-12-8(11)5-3-2-4-6(9)7(5)10/h2-4,8,11H,9-10H2,1H3. The number of hydrogen-bond donors (Lipinski definition) is 3. The lowest BCUT2D eigenvalue weighted by Gasteiger charge is -2.12. The molecule has 0 saturated heterocycles. The normalized spacial score (nSPS) is 12.8. The van der Waals surface area contributed by atoms with E-state index in [-0.39, 0.29) is 0 Å². The fourth-order valence-corrected chi connectivity index (χ4v) is 0.944. The first-order chi connectivity index (χ1) is 5.66. The molecule has 1 atom stereocenters. The molecule has 0 fully saturated rings. The second-order valence-corrected chi connectivity index (χ2v) is 2.44. The Morgan fingerprint density at radius 2 is 2.08 bits per heavy atom. The highest BCUT2D eigenvalue weighted by Gasteiger charge is 2.10. The molecule has 4 nitrogen and oxygen atoms in total. The minimum atomic E-state index is -1.01. The molecule has 0 saturated carbocycles. The van der Waals surface area contributed by atoms with Crippen molar-refractivity contribution in [1.82, 2.24) is 0 Å². The van der Waals surface area contributed by atoms with Crippen LogP contribution in [-0.4, -0.2) is 12.2 Å². The van der Waals surface area contributed by atoms with E-state index in [4.69, 9.17) is 16.2 Å². The summed E-state index contributed by atoms with van der Waals surface area (Å²) in [4.78, 5) is 0. The Hall–Kier alpha value is -1.26. The van der Waals surface area contributed by atoms with E-state index in [0.717, 1.165) is 0 Å². The van der Waals surface area contributed by atoms with E-state index in [1.807, 2.05) is 0 Å². The zero-order chi connectivity index (χ0) is 9.14. The van der Waals surface area contributed by atoms with Crippen LogP contribution in [0.2, 0.25) is 0 Å². The molecule has 0 heterocycles. The number of para-hydroxylation sites is 1. The molecule has 0 radical (unpaired) electrons. The van der Waals surface area contributed by atoms with Crippen molar-refractivity contribution in [3.05, 3.63) is 23.8 Å². The molecule has 0 amide bonds. The summed E-state index contributed by atoms with van der Waals surface area (Å²) in [6, 6.07) is 5.05. The molecule has 66 valence electrons. The number of methoxy groups -OCH3 is 1. The van der Waals surface area contributed by atoms with Gasteiger partial charge in [-0.25, -0.2) is 0 Å². The average molecular weight is 168 g/mol. The van der Waals surface area contributed by atoms with Crippen LogP contribution in [0.3, 0.4) is 0 Å². The first kappa shape index (κ1) is 8.83. The summed E-state index contributed by atoms with van der Waals surface area (Å²) in [5.74, 6) is 0. The Morgan fingerprint density at radius 1 is 1.42 bits per heavy atom. The van der Waals surface area contributed by atoms with Gasteiger partial charge in [-0.05, 0) is 6.07 Å². The summed E-state index contributed by atoms with van der Waals surface area (Å²) < 4.78 is 4.69. The van der Waals surface area contributed by atoms with Gasteiger partial charge in [0.05, 0.1) is 11.4 Å². The molecule has 1 aromatic carbocycles. The fourth-order valence-electron chi connectivity index (χ4n) is 0.944. The van der Waals surface area contributed by atoms with Gasteiger partial charge in [-0.1, -0.05) is 12.1 Å². The monoisotopic (exact) mass is 168 g/mol. The van der Waals surface area contributed by atoms with Gasteiger partial charge in [0, 0.05) is 12.7 Å². The summed E-state index contributed by atoms with van der Waals surface area (Å²) in [7, 11) is 1.40. The summed E-state index contributed by atoms with van der Waals surface area (Å²) >= 11 is 0. The molecular formula is C8H12N2O2. The van der Waals surface area contributed by atoms with Crippen LogP contribution in [0.4, 0.5) is 11.4 Å². The third-order valence-electron chi connectivity index (χ3n) is 1.66. The second kappa shape index (κ2) is 3.42. The predicted molar refractivity (Wildman–Crippen MR) is 47.2 cm³/mol. The first-order valence-electron chi connectivity index (χ1n) is 3.51. The van der Waals surface area contributed by atoms with Gasteiger partial charge in [-0.15, -0.1) is 0 Å². The highest BCUT2D eigenvalue weighted by molar-refractivity contribution is 5.67. The van der Waals surface area contributed by atoms with Gasteiger partial charge in [0.25, 0.3) is 0 Å².